The number of aliphatic hydroxyl groups is 1. The van der Waals surface area contributed by atoms with Gasteiger partial charge in [-0.1, -0.05) is 29.3 Å². The third kappa shape index (κ3) is 5.94. The monoisotopic (exact) mass is 496 g/mol. The molecule has 2 saturated heterocycles. The Bertz CT molecular complexity index is 879. The second kappa shape index (κ2) is 10.4. The Morgan fingerprint density at radius 1 is 1.18 bits per heavy atom. The molecule has 2 N–H and O–H groups in total. The second-order valence-electron chi connectivity index (χ2n) is 9.80. The minimum Gasteiger partial charge on any atom is -0.391 e. The first-order valence-electron chi connectivity index (χ1n) is 11.9. The van der Waals surface area contributed by atoms with E-state index in [2.05, 4.69) is 17.1 Å². The van der Waals surface area contributed by atoms with Gasteiger partial charge in [0.15, 0.2) is 0 Å². The topological polar surface area (TPSA) is 76.1 Å². The molecule has 1 aromatic carbocycles. The van der Waals surface area contributed by atoms with Crippen molar-refractivity contribution in [2.45, 2.75) is 57.7 Å². The van der Waals surface area contributed by atoms with Crippen molar-refractivity contribution < 1.29 is 14.7 Å². The quantitative estimate of drug-likeness (QED) is 0.632. The number of likely N-dealkylation sites (tertiary alicyclic amines) is 1. The van der Waals surface area contributed by atoms with Crippen LogP contribution in [0, 0.1) is 5.41 Å². The summed E-state index contributed by atoms with van der Waals surface area (Å²) in [6.07, 6.45) is 4.40. The zero-order chi connectivity index (χ0) is 23.6. The number of halogens is 2. The van der Waals surface area contributed by atoms with Crippen LogP contribution in [0.25, 0.3) is 0 Å². The molecule has 1 saturated carbocycles. The largest absolute Gasteiger partial charge is 0.391 e. The van der Waals surface area contributed by atoms with E-state index in [0.717, 1.165) is 50.9 Å². The number of aliphatic hydroxyl groups excluding tert-OH is 1. The normalized spacial score (nSPS) is 24.0. The zero-order valence-corrected chi connectivity index (χ0v) is 20.7. The van der Waals surface area contributed by atoms with Crippen molar-refractivity contribution in [2.75, 3.05) is 39.3 Å². The fraction of sp³-hybridized carbons (Fsp3) is 0.667. The average molecular weight is 497 g/mol. The van der Waals surface area contributed by atoms with E-state index < -0.39 is 0 Å². The summed E-state index contributed by atoms with van der Waals surface area (Å²) < 4.78 is 0. The van der Waals surface area contributed by atoms with Gasteiger partial charge in [0, 0.05) is 51.7 Å². The van der Waals surface area contributed by atoms with E-state index in [4.69, 9.17) is 23.2 Å². The van der Waals surface area contributed by atoms with Crippen molar-refractivity contribution in [3.8, 4) is 0 Å². The maximum Gasteiger partial charge on any atom is 0.317 e. The lowest BCUT2D eigenvalue weighted by molar-refractivity contribution is -0.132. The highest BCUT2D eigenvalue weighted by molar-refractivity contribution is 6.42. The van der Waals surface area contributed by atoms with E-state index in [-0.39, 0.29) is 29.5 Å². The second-order valence-corrected chi connectivity index (χ2v) is 10.6. The highest BCUT2D eigenvalue weighted by Crippen LogP contribution is 2.53. The van der Waals surface area contributed by atoms with Crippen LogP contribution < -0.4 is 5.32 Å². The van der Waals surface area contributed by atoms with Crippen LogP contribution in [-0.4, -0.2) is 83.2 Å². The molecule has 33 heavy (non-hydrogen) atoms. The van der Waals surface area contributed by atoms with Crippen LogP contribution in [0.1, 0.15) is 44.6 Å². The van der Waals surface area contributed by atoms with Gasteiger partial charge in [-0.25, -0.2) is 4.79 Å². The number of piperidine rings is 1. The number of amides is 3. The Labute approximate surface area is 206 Å². The van der Waals surface area contributed by atoms with Crippen LogP contribution in [0.5, 0.6) is 0 Å². The molecule has 1 spiro atoms. The molecule has 7 nitrogen and oxygen atoms in total. The highest BCUT2D eigenvalue weighted by atomic mass is 35.5. The van der Waals surface area contributed by atoms with Crippen molar-refractivity contribution in [1.29, 1.82) is 0 Å². The highest BCUT2D eigenvalue weighted by Gasteiger charge is 2.51. The van der Waals surface area contributed by atoms with E-state index >= 15 is 0 Å². The average Bonchev–Trinajstić information content (AvgIpc) is 3.60. The Morgan fingerprint density at radius 3 is 2.67 bits per heavy atom. The molecule has 2 unspecified atom stereocenters. The summed E-state index contributed by atoms with van der Waals surface area (Å²) in [6.45, 7) is 6.55. The lowest BCUT2D eigenvalue weighted by atomic mass is 9.90. The van der Waals surface area contributed by atoms with Crippen LogP contribution in [0.2, 0.25) is 10.0 Å². The van der Waals surface area contributed by atoms with E-state index in [1.54, 1.807) is 17.0 Å². The molecular formula is C24H34Cl2N4O3. The van der Waals surface area contributed by atoms with Gasteiger partial charge in [-0.05, 0) is 62.3 Å². The van der Waals surface area contributed by atoms with Gasteiger partial charge < -0.3 is 25.1 Å². The van der Waals surface area contributed by atoms with Crippen molar-refractivity contribution in [3.05, 3.63) is 33.8 Å². The van der Waals surface area contributed by atoms with Crippen LogP contribution in [0.3, 0.4) is 0 Å². The lowest BCUT2D eigenvalue weighted by Gasteiger charge is -2.37. The fourth-order valence-electron chi connectivity index (χ4n) is 5.00. The summed E-state index contributed by atoms with van der Waals surface area (Å²) in [4.78, 5) is 31.4. The Balaban J connectivity index is 1.22. The molecule has 2 heterocycles. The molecule has 0 aromatic heterocycles. The SMILES string of the molecule is CC(CCN1CCC2(CC2)C(O)C1)N1CCN(C(=O)NCc2ccc(Cl)c(Cl)c2)CCC1=O. The number of hydrogen-bond donors (Lipinski definition) is 2. The van der Waals surface area contributed by atoms with Gasteiger partial charge in [0.05, 0.1) is 16.1 Å². The number of nitrogens with one attached hydrogen (secondary N) is 1. The molecule has 1 aliphatic carbocycles. The third-order valence-electron chi connectivity index (χ3n) is 7.59. The summed E-state index contributed by atoms with van der Waals surface area (Å²) >= 11 is 12.0. The van der Waals surface area contributed by atoms with Gasteiger partial charge in [0.2, 0.25) is 5.91 Å². The van der Waals surface area contributed by atoms with E-state index in [1.165, 1.54) is 0 Å². The summed E-state index contributed by atoms with van der Waals surface area (Å²) in [5.41, 5.74) is 1.08. The summed E-state index contributed by atoms with van der Waals surface area (Å²) in [5, 5.41) is 14.3. The smallest absolute Gasteiger partial charge is 0.317 e. The minimum absolute atomic E-state index is 0.0953. The van der Waals surface area contributed by atoms with Gasteiger partial charge >= 0.3 is 6.03 Å². The Morgan fingerprint density at radius 2 is 1.97 bits per heavy atom. The minimum atomic E-state index is -0.211. The van der Waals surface area contributed by atoms with Gasteiger partial charge in [-0.15, -0.1) is 0 Å². The first-order valence-corrected chi connectivity index (χ1v) is 12.7. The maximum atomic E-state index is 12.8. The number of carbonyl (C=O) groups excluding carboxylic acids is 2. The molecule has 0 radical (unpaired) electrons. The molecular weight excluding hydrogens is 463 g/mol. The van der Waals surface area contributed by atoms with Crippen molar-refractivity contribution in [1.82, 2.24) is 20.0 Å². The molecule has 2 aliphatic heterocycles. The molecule has 4 rings (SSSR count). The predicted octanol–water partition coefficient (Wildman–Crippen LogP) is 3.36. The van der Waals surface area contributed by atoms with Gasteiger partial charge in [-0.2, -0.15) is 0 Å². The molecule has 2 atom stereocenters. The van der Waals surface area contributed by atoms with E-state index in [1.807, 2.05) is 11.0 Å². The maximum absolute atomic E-state index is 12.8. The van der Waals surface area contributed by atoms with Crippen LogP contribution in [0.4, 0.5) is 4.79 Å². The number of rotatable bonds is 6. The number of hydrogen-bond acceptors (Lipinski definition) is 4. The molecule has 3 amide bonds. The summed E-state index contributed by atoms with van der Waals surface area (Å²) in [5.74, 6) is 0.0953. The molecule has 1 aromatic rings. The predicted molar refractivity (Wildman–Crippen MR) is 129 cm³/mol. The number of urea groups is 1. The fourth-order valence-corrected chi connectivity index (χ4v) is 5.32. The third-order valence-corrected chi connectivity index (χ3v) is 8.33. The lowest BCUT2D eigenvalue weighted by Crippen LogP contribution is -2.47. The van der Waals surface area contributed by atoms with Crippen LogP contribution in [-0.2, 0) is 11.3 Å². The van der Waals surface area contributed by atoms with Crippen LogP contribution in [0.15, 0.2) is 18.2 Å². The van der Waals surface area contributed by atoms with Crippen LogP contribution >= 0.6 is 23.2 Å². The van der Waals surface area contributed by atoms with Gasteiger partial charge in [0.1, 0.15) is 0 Å². The summed E-state index contributed by atoms with van der Waals surface area (Å²) in [6, 6.07) is 5.20. The first kappa shape index (κ1) is 24.6. The molecule has 3 fully saturated rings. The molecule has 0 bridgehead atoms. The number of β-amino-alcohol motifs (C(OH)–C–C–N with tert-alkyl or cyclic N) is 1. The molecule has 182 valence electrons. The van der Waals surface area contributed by atoms with Crippen molar-refractivity contribution in [3.63, 3.8) is 0 Å². The van der Waals surface area contributed by atoms with Gasteiger partial charge in [-0.3, -0.25) is 4.79 Å². The molecule has 3 aliphatic rings. The number of benzene rings is 1. The van der Waals surface area contributed by atoms with Crippen molar-refractivity contribution in [2.24, 2.45) is 5.41 Å². The van der Waals surface area contributed by atoms with E-state index in [0.29, 0.717) is 42.6 Å². The van der Waals surface area contributed by atoms with Gasteiger partial charge in [0.25, 0.3) is 0 Å². The first-order chi connectivity index (χ1) is 15.8. The number of carbonyl (C=O) groups is 2. The zero-order valence-electron chi connectivity index (χ0n) is 19.2. The number of nitrogens with zero attached hydrogens (tertiary/aromatic N) is 3. The Hall–Kier alpha value is -1.54. The summed E-state index contributed by atoms with van der Waals surface area (Å²) in [7, 11) is 0. The van der Waals surface area contributed by atoms with E-state index in [9.17, 15) is 14.7 Å². The molecule has 9 heteroatoms. The Kier molecular flexibility index (Phi) is 7.73. The standard InChI is InChI=1S/C24H34Cl2N4O3/c1-17(4-9-28-11-8-24(6-7-24)21(31)16-28)30-13-12-29(10-5-22(30)32)23(33)27-15-18-2-3-19(25)20(26)14-18/h2-3,14,17,21,31H,4-13,15-16H2,1H3,(H,27,33). The van der Waals surface area contributed by atoms with Crippen molar-refractivity contribution >= 4 is 35.1 Å².